The van der Waals surface area contributed by atoms with Crippen LogP contribution in [0.25, 0.3) is 0 Å². The fourth-order valence-corrected chi connectivity index (χ4v) is 1.65. The van der Waals surface area contributed by atoms with Crippen molar-refractivity contribution in [1.82, 2.24) is 10.6 Å². The Morgan fingerprint density at radius 1 is 1.44 bits per heavy atom. The van der Waals surface area contributed by atoms with E-state index in [1.54, 1.807) is 12.1 Å². The predicted molar refractivity (Wildman–Crippen MR) is 65.4 cm³/mol. The van der Waals surface area contributed by atoms with Gasteiger partial charge in [0.1, 0.15) is 5.82 Å². The van der Waals surface area contributed by atoms with Crippen LogP contribution in [0, 0.1) is 5.82 Å². The minimum atomic E-state index is -1.02. The lowest BCUT2D eigenvalue weighted by molar-refractivity contribution is -0.120. The van der Waals surface area contributed by atoms with Gasteiger partial charge in [0.25, 0.3) is 0 Å². The second kappa shape index (κ2) is 5.93. The first-order valence-corrected chi connectivity index (χ1v) is 6.09. The third kappa shape index (κ3) is 3.78. The molecule has 1 amide bonds. The Labute approximate surface area is 105 Å². The molecule has 1 atom stereocenters. The van der Waals surface area contributed by atoms with Crippen LogP contribution in [0.1, 0.15) is 24.5 Å². The zero-order valence-electron chi connectivity index (χ0n) is 10.0. The largest absolute Gasteiger partial charge is 0.386 e. The van der Waals surface area contributed by atoms with Gasteiger partial charge < -0.3 is 15.7 Å². The van der Waals surface area contributed by atoms with E-state index in [9.17, 15) is 14.3 Å². The second-order valence-electron chi connectivity index (χ2n) is 4.50. The lowest BCUT2D eigenvalue weighted by Gasteiger charge is -2.13. The smallest absolute Gasteiger partial charge is 0.234 e. The number of halogens is 1. The number of carbonyl (C=O) groups excluding carboxylic acids is 1. The molecule has 5 heteroatoms. The number of carbonyl (C=O) groups is 1. The summed E-state index contributed by atoms with van der Waals surface area (Å²) in [6.07, 6.45) is 1.21. The highest BCUT2D eigenvalue weighted by molar-refractivity contribution is 5.78. The highest BCUT2D eigenvalue weighted by Crippen LogP contribution is 2.18. The molecule has 1 fully saturated rings. The molecule has 4 nitrogen and oxygen atoms in total. The van der Waals surface area contributed by atoms with Gasteiger partial charge in [0.15, 0.2) is 0 Å². The Balaban J connectivity index is 1.75. The van der Waals surface area contributed by atoms with Crippen LogP contribution in [-0.2, 0) is 4.79 Å². The van der Waals surface area contributed by atoms with Crippen LogP contribution in [-0.4, -0.2) is 30.1 Å². The van der Waals surface area contributed by atoms with Gasteiger partial charge in [-0.25, -0.2) is 4.39 Å². The first kappa shape index (κ1) is 13.0. The first-order chi connectivity index (χ1) is 8.66. The zero-order chi connectivity index (χ0) is 13.0. The third-order valence-electron chi connectivity index (χ3n) is 2.89. The van der Waals surface area contributed by atoms with Gasteiger partial charge in [0, 0.05) is 18.2 Å². The van der Waals surface area contributed by atoms with Gasteiger partial charge in [-0.05, 0) is 18.9 Å². The Hall–Kier alpha value is -1.46. The van der Waals surface area contributed by atoms with E-state index in [1.165, 1.54) is 12.1 Å². The molecule has 0 bridgehead atoms. The van der Waals surface area contributed by atoms with Gasteiger partial charge in [0.05, 0.1) is 12.6 Å². The number of hydrogen-bond donors (Lipinski definition) is 3. The van der Waals surface area contributed by atoms with Crippen LogP contribution >= 0.6 is 0 Å². The molecule has 18 heavy (non-hydrogen) atoms. The Morgan fingerprint density at radius 3 is 2.83 bits per heavy atom. The van der Waals surface area contributed by atoms with Crippen LogP contribution in [0.2, 0.25) is 0 Å². The van der Waals surface area contributed by atoms with Crippen molar-refractivity contribution in [3.63, 3.8) is 0 Å². The van der Waals surface area contributed by atoms with E-state index in [4.69, 9.17) is 0 Å². The number of nitrogens with one attached hydrogen (secondary N) is 2. The van der Waals surface area contributed by atoms with Gasteiger partial charge in [-0.1, -0.05) is 18.2 Å². The van der Waals surface area contributed by atoms with Crippen LogP contribution in [0.4, 0.5) is 4.39 Å². The molecule has 1 unspecified atom stereocenters. The van der Waals surface area contributed by atoms with Gasteiger partial charge in [-0.2, -0.15) is 0 Å². The van der Waals surface area contributed by atoms with Crippen molar-refractivity contribution in [3.8, 4) is 0 Å². The van der Waals surface area contributed by atoms with E-state index in [2.05, 4.69) is 10.6 Å². The molecular weight excluding hydrogens is 235 g/mol. The molecule has 0 radical (unpaired) electrons. The molecule has 3 N–H and O–H groups in total. The SMILES string of the molecule is O=C(CNC1CC1)NCC(O)c1ccccc1F. The number of rotatable bonds is 6. The number of hydrogen-bond acceptors (Lipinski definition) is 3. The lowest BCUT2D eigenvalue weighted by Crippen LogP contribution is -2.37. The van der Waals surface area contributed by atoms with Crippen molar-refractivity contribution < 1.29 is 14.3 Å². The van der Waals surface area contributed by atoms with Crippen molar-refractivity contribution >= 4 is 5.91 Å². The summed E-state index contributed by atoms with van der Waals surface area (Å²) in [6.45, 7) is 0.265. The first-order valence-electron chi connectivity index (χ1n) is 6.09. The number of aliphatic hydroxyl groups excluding tert-OH is 1. The molecule has 1 aliphatic carbocycles. The monoisotopic (exact) mass is 252 g/mol. The topological polar surface area (TPSA) is 61.4 Å². The van der Waals surface area contributed by atoms with Gasteiger partial charge in [-0.15, -0.1) is 0 Å². The molecule has 1 saturated carbocycles. The quantitative estimate of drug-likeness (QED) is 0.699. The Morgan fingerprint density at radius 2 is 2.17 bits per heavy atom. The van der Waals surface area contributed by atoms with E-state index in [1.807, 2.05) is 0 Å². The number of benzene rings is 1. The molecule has 0 heterocycles. The second-order valence-corrected chi connectivity index (χ2v) is 4.50. The average Bonchev–Trinajstić information content (AvgIpc) is 3.18. The van der Waals surface area contributed by atoms with Crippen molar-refractivity contribution in [3.05, 3.63) is 35.6 Å². The van der Waals surface area contributed by atoms with Gasteiger partial charge in [-0.3, -0.25) is 4.79 Å². The molecule has 1 aliphatic rings. The lowest BCUT2D eigenvalue weighted by atomic mass is 10.1. The van der Waals surface area contributed by atoms with E-state index < -0.39 is 11.9 Å². The normalized spacial score (nSPS) is 16.3. The number of aliphatic hydroxyl groups is 1. The molecule has 1 aromatic rings. The van der Waals surface area contributed by atoms with Gasteiger partial charge >= 0.3 is 0 Å². The summed E-state index contributed by atoms with van der Waals surface area (Å²) in [5, 5.41) is 15.4. The van der Waals surface area contributed by atoms with Crippen molar-refractivity contribution in [2.24, 2.45) is 0 Å². The molecule has 0 aliphatic heterocycles. The van der Waals surface area contributed by atoms with Crippen molar-refractivity contribution in [1.29, 1.82) is 0 Å². The number of amides is 1. The average molecular weight is 252 g/mol. The maximum atomic E-state index is 13.3. The van der Waals surface area contributed by atoms with E-state index >= 15 is 0 Å². The molecule has 1 aromatic carbocycles. The van der Waals surface area contributed by atoms with E-state index in [0.717, 1.165) is 12.8 Å². The van der Waals surface area contributed by atoms with Gasteiger partial charge in [0.2, 0.25) is 5.91 Å². The standard InChI is InChI=1S/C13H17FN2O2/c14-11-4-2-1-3-10(11)12(17)7-16-13(18)8-15-9-5-6-9/h1-4,9,12,15,17H,5-8H2,(H,16,18). The fraction of sp³-hybridized carbons (Fsp3) is 0.462. The maximum Gasteiger partial charge on any atom is 0.234 e. The third-order valence-corrected chi connectivity index (χ3v) is 2.89. The summed E-state index contributed by atoms with van der Waals surface area (Å²) in [4.78, 5) is 11.4. The van der Waals surface area contributed by atoms with Crippen molar-refractivity contribution in [2.75, 3.05) is 13.1 Å². The fourth-order valence-electron chi connectivity index (χ4n) is 1.65. The molecule has 0 aromatic heterocycles. The molecule has 2 rings (SSSR count). The highest BCUT2D eigenvalue weighted by atomic mass is 19.1. The van der Waals surface area contributed by atoms with Crippen LogP contribution in [0.15, 0.2) is 24.3 Å². The van der Waals surface area contributed by atoms with Crippen LogP contribution in [0.5, 0.6) is 0 Å². The van der Waals surface area contributed by atoms with Crippen LogP contribution < -0.4 is 10.6 Å². The molecular formula is C13H17FN2O2. The van der Waals surface area contributed by atoms with Crippen LogP contribution in [0.3, 0.4) is 0 Å². The summed E-state index contributed by atoms with van der Waals surface area (Å²) in [5.74, 6) is -0.646. The predicted octanol–water partition coefficient (Wildman–Crippen LogP) is 0.727. The summed E-state index contributed by atoms with van der Waals surface area (Å²) < 4.78 is 13.3. The maximum absolute atomic E-state index is 13.3. The van der Waals surface area contributed by atoms with E-state index in [0.29, 0.717) is 6.04 Å². The Kier molecular flexibility index (Phi) is 4.28. The summed E-state index contributed by atoms with van der Waals surface area (Å²) in [6, 6.07) is 6.47. The summed E-state index contributed by atoms with van der Waals surface area (Å²) in [7, 11) is 0. The Bertz CT molecular complexity index is 421. The van der Waals surface area contributed by atoms with E-state index in [-0.39, 0.29) is 24.6 Å². The summed E-state index contributed by atoms with van der Waals surface area (Å²) >= 11 is 0. The molecule has 0 saturated heterocycles. The minimum absolute atomic E-state index is 0.0200. The zero-order valence-corrected chi connectivity index (χ0v) is 10.0. The molecule has 0 spiro atoms. The highest BCUT2D eigenvalue weighted by Gasteiger charge is 2.21. The van der Waals surface area contributed by atoms with Crippen molar-refractivity contribution in [2.45, 2.75) is 25.0 Å². The summed E-state index contributed by atoms with van der Waals surface area (Å²) in [5.41, 5.74) is 0.202. The minimum Gasteiger partial charge on any atom is -0.386 e. The molecule has 98 valence electrons.